The highest BCUT2D eigenvalue weighted by Gasteiger charge is 2.42. The van der Waals surface area contributed by atoms with Crippen LogP contribution in [0.5, 0.6) is 0 Å². The summed E-state index contributed by atoms with van der Waals surface area (Å²) in [5.41, 5.74) is 0.207. The molecule has 6 heteroatoms. The molecule has 3 nitrogen and oxygen atoms in total. The van der Waals surface area contributed by atoms with E-state index in [1.807, 2.05) is 0 Å². The number of carbonyl (C=O) groups excluding carboxylic acids is 1. The van der Waals surface area contributed by atoms with E-state index in [1.165, 1.54) is 12.8 Å². The Labute approximate surface area is 124 Å². The van der Waals surface area contributed by atoms with Crippen LogP contribution in [0, 0.1) is 11.3 Å². The van der Waals surface area contributed by atoms with E-state index in [9.17, 15) is 18.0 Å². The van der Waals surface area contributed by atoms with Crippen LogP contribution in [0.2, 0.25) is 0 Å². The minimum atomic E-state index is -4.16. The molecule has 1 saturated heterocycles. The highest BCUT2D eigenvalue weighted by atomic mass is 19.4. The molecule has 2 fully saturated rings. The van der Waals surface area contributed by atoms with Crippen molar-refractivity contribution in [1.82, 2.24) is 10.6 Å². The van der Waals surface area contributed by atoms with Gasteiger partial charge in [0.15, 0.2) is 0 Å². The van der Waals surface area contributed by atoms with Crippen LogP contribution in [0.3, 0.4) is 0 Å². The van der Waals surface area contributed by atoms with Gasteiger partial charge in [0.1, 0.15) is 0 Å². The number of nitrogens with one attached hydrogen (secondary N) is 2. The van der Waals surface area contributed by atoms with Crippen LogP contribution in [-0.4, -0.2) is 31.2 Å². The summed E-state index contributed by atoms with van der Waals surface area (Å²) in [6.45, 7) is 2.65. The summed E-state index contributed by atoms with van der Waals surface area (Å²) in [6, 6.07) is -0.473. The van der Waals surface area contributed by atoms with E-state index in [0.717, 1.165) is 19.3 Å². The minimum Gasteiger partial charge on any atom is -0.354 e. The smallest absolute Gasteiger partial charge is 0.354 e. The largest absolute Gasteiger partial charge is 0.393 e. The van der Waals surface area contributed by atoms with Crippen molar-refractivity contribution >= 4 is 5.91 Å². The van der Waals surface area contributed by atoms with Gasteiger partial charge in [-0.15, -0.1) is 0 Å². The Morgan fingerprint density at radius 3 is 2.43 bits per heavy atom. The standard InChI is InChI=1S/C15H25F3N2O/c1-2-14(7-3-4-8-14)10-20-13(21)12-6-5-11(9-19-12)15(16,17)18/h11-12,19H,2-10H2,1H3,(H,20,21). The lowest BCUT2D eigenvalue weighted by atomic mass is 9.83. The van der Waals surface area contributed by atoms with Crippen molar-refractivity contribution < 1.29 is 18.0 Å². The van der Waals surface area contributed by atoms with Gasteiger partial charge < -0.3 is 10.6 Å². The first kappa shape index (κ1) is 16.6. The van der Waals surface area contributed by atoms with E-state index < -0.39 is 18.1 Å². The Hall–Kier alpha value is -0.780. The molecule has 122 valence electrons. The zero-order valence-electron chi connectivity index (χ0n) is 12.6. The lowest BCUT2D eigenvalue weighted by Crippen LogP contribution is -2.52. The predicted molar refractivity (Wildman–Crippen MR) is 74.8 cm³/mol. The first-order chi connectivity index (χ1) is 9.86. The first-order valence-corrected chi connectivity index (χ1v) is 7.94. The van der Waals surface area contributed by atoms with Crippen LogP contribution in [0.1, 0.15) is 51.9 Å². The lowest BCUT2D eigenvalue weighted by molar-refractivity contribution is -0.180. The second-order valence-electron chi connectivity index (χ2n) is 6.56. The van der Waals surface area contributed by atoms with Gasteiger partial charge >= 0.3 is 6.18 Å². The number of hydrogen-bond acceptors (Lipinski definition) is 2. The van der Waals surface area contributed by atoms with E-state index in [2.05, 4.69) is 17.6 Å². The van der Waals surface area contributed by atoms with E-state index >= 15 is 0 Å². The molecular weight excluding hydrogens is 281 g/mol. The molecule has 0 aromatic heterocycles. The molecule has 0 radical (unpaired) electrons. The summed E-state index contributed by atoms with van der Waals surface area (Å²) >= 11 is 0. The second-order valence-corrected chi connectivity index (χ2v) is 6.56. The number of piperidine rings is 1. The molecule has 1 saturated carbocycles. The average molecular weight is 306 g/mol. The number of rotatable bonds is 4. The summed E-state index contributed by atoms with van der Waals surface area (Å²) in [7, 11) is 0. The molecule has 21 heavy (non-hydrogen) atoms. The monoisotopic (exact) mass is 306 g/mol. The fraction of sp³-hybridized carbons (Fsp3) is 0.933. The molecule has 0 spiro atoms. The molecule has 2 unspecified atom stereocenters. The van der Waals surface area contributed by atoms with Crippen molar-refractivity contribution in [3.05, 3.63) is 0 Å². The maximum atomic E-state index is 12.6. The fourth-order valence-corrected chi connectivity index (χ4v) is 3.54. The number of carbonyl (C=O) groups is 1. The van der Waals surface area contributed by atoms with Crippen LogP contribution in [0.15, 0.2) is 0 Å². The van der Waals surface area contributed by atoms with Crippen molar-refractivity contribution in [3.8, 4) is 0 Å². The third-order valence-electron chi connectivity index (χ3n) is 5.25. The number of hydrogen-bond donors (Lipinski definition) is 2. The molecule has 0 aromatic carbocycles. The minimum absolute atomic E-state index is 0.0352. The Morgan fingerprint density at radius 1 is 1.29 bits per heavy atom. The van der Waals surface area contributed by atoms with Gasteiger partial charge in [-0.1, -0.05) is 19.8 Å². The molecule has 0 aromatic rings. The van der Waals surface area contributed by atoms with Gasteiger partial charge in [-0.3, -0.25) is 4.79 Å². The molecule has 1 heterocycles. The molecule has 2 aliphatic rings. The summed E-state index contributed by atoms with van der Waals surface area (Å²) in [5.74, 6) is -1.46. The van der Waals surface area contributed by atoms with Crippen LogP contribution in [0.4, 0.5) is 13.2 Å². The fourth-order valence-electron chi connectivity index (χ4n) is 3.54. The molecular formula is C15H25F3N2O. The predicted octanol–water partition coefficient (Wildman–Crippen LogP) is 3.00. The average Bonchev–Trinajstić information content (AvgIpc) is 2.93. The Bertz CT molecular complexity index is 356. The summed E-state index contributed by atoms with van der Waals surface area (Å²) < 4.78 is 37.7. The third-order valence-corrected chi connectivity index (χ3v) is 5.25. The Morgan fingerprint density at radius 2 is 1.95 bits per heavy atom. The second kappa shape index (κ2) is 6.55. The van der Waals surface area contributed by atoms with Gasteiger partial charge in [0.25, 0.3) is 0 Å². The normalized spacial score (nSPS) is 29.3. The van der Waals surface area contributed by atoms with Crippen LogP contribution in [-0.2, 0) is 4.79 Å². The maximum Gasteiger partial charge on any atom is 0.393 e. The molecule has 1 aliphatic carbocycles. The molecule has 1 aliphatic heterocycles. The Kier molecular flexibility index (Phi) is 5.17. The molecule has 2 N–H and O–H groups in total. The number of alkyl halides is 3. The Balaban J connectivity index is 1.77. The van der Waals surface area contributed by atoms with Crippen LogP contribution >= 0.6 is 0 Å². The van der Waals surface area contributed by atoms with E-state index in [4.69, 9.17) is 0 Å². The molecule has 2 atom stereocenters. The van der Waals surface area contributed by atoms with Gasteiger partial charge in [0.05, 0.1) is 12.0 Å². The summed E-state index contributed by atoms with van der Waals surface area (Å²) in [5, 5.41) is 5.71. The highest BCUT2D eigenvalue weighted by molar-refractivity contribution is 5.81. The van der Waals surface area contributed by atoms with Gasteiger partial charge in [-0.2, -0.15) is 13.2 Å². The highest BCUT2D eigenvalue weighted by Crippen LogP contribution is 2.40. The molecule has 2 rings (SSSR count). The van der Waals surface area contributed by atoms with Crippen molar-refractivity contribution in [2.24, 2.45) is 11.3 Å². The van der Waals surface area contributed by atoms with Gasteiger partial charge in [-0.05, 0) is 37.5 Å². The summed E-state index contributed by atoms with van der Waals surface area (Å²) in [4.78, 5) is 12.1. The van der Waals surface area contributed by atoms with Crippen LogP contribution < -0.4 is 10.6 Å². The van der Waals surface area contributed by atoms with Crippen molar-refractivity contribution in [2.75, 3.05) is 13.1 Å². The third kappa shape index (κ3) is 4.11. The SMILES string of the molecule is CCC1(CNC(=O)C2CCC(C(F)(F)F)CN2)CCCC1. The van der Waals surface area contributed by atoms with Gasteiger partial charge in [0.2, 0.25) is 5.91 Å². The quantitative estimate of drug-likeness (QED) is 0.838. The van der Waals surface area contributed by atoms with Crippen molar-refractivity contribution in [2.45, 2.75) is 64.1 Å². The lowest BCUT2D eigenvalue weighted by Gasteiger charge is -2.32. The number of halogens is 3. The van der Waals surface area contributed by atoms with Crippen molar-refractivity contribution in [1.29, 1.82) is 0 Å². The van der Waals surface area contributed by atoms with E-state index in [0.29, 0.717) is 6.54 Å². The topological polar surface area (TPSA) is 41.1 Å². The zero-order chi connectivity index (χ0) is 15.5. The zero-order valence-corrected chi connectivity index (χ0v) is 12.6. The maximum absolute atomic E-state index is 12.6. The van der Waals surface area contributed by atoms with E-state index in [1.54, 1.807) is 0 Å². The first-order valence-electron chi connectivity index (χ1n) is 7.94. The van der Waals surface area contributed by atoms with Gasteiger partial charge in [0, 0.05) is 13.1 Å². The molecule has 1 amide bonds. The van der Waals surface area contributed by atoms with E-state index in [-0.39, 0.29) is 30.7 Å². The van der Waals surface area contributed by atoms with Crippen LogP contribution in [0.25, 0.3) is 0 Å². The molecule has 0 bridgehead atoms. The number of amides is 1. The van der Waals surface area contributed by atoms with Crippen molar-refractivity contribution in [3.63, 3.8) is 0 Å². The van der Waals surface area contributed by atoms with Gasteiger partial charge in [-0.25, -0.2) is 0 Å². The summed E-state index contributed by atoms with van der Waals surface area (Å²) in [6.07, 6.45) is 1.86.